The van der Waals surface area contributed by atoms with E-state index in [1.165, 1.54) is 0 Å². The van der Waals surface area contributed by atoms with Gasteiger partial charge in [-0.25, -0.2) is 24.0 Å². The minimum Gasteiger partial charge on any atom is -0.465 e. The number of hydrogen-bond acceptors (Lipinski definition) is 9. The molecule has 6 aromatic rings. The van der Waals surface area contributed by atoms with Gasteiger partial charge in [0.1, 0.15) is 5.54 Å². The van der Waals surface area contributed by atoms with Crippen LogP contribution in [0.5, 0.6) is 0 Å². The molecule has 0 N–H and O–H groups in total. The molecule has 4 fully saturated rings. The topological polar surface area (TPSA) is 140 Å². The first kappa shape index (κ1) is 36.4. The minimum absolute atomic E-state index is 0.0798. The van der Waals surface area contributed by atoms with Crippen molar-refractivity contribution in [3.05, 3.63) is 156 Å². The number of para-hydroxylation sites is 4. The van der Waals surface area contributed by atoms with Crippen LogP contribution in [0, 0.1) is 37.5 Å². The fraction of sp³-hybridized carbons (Fsp3) is 0.239. The summed E-state index contributed by atoms with van der Waals surface area (Å²) in [5.74, 6) is -8.38. The molecule has 0 spiro atoms. The molecule has 4 amide bonds. The summed E-state index contributed by atoms with van der Waals surface area (Å²) < 4.78 is 9.40. The molecular weight excluding hydrogens is 747 g/mol. The van der Waals surface area contributed by atoms with Crippen molar-refractivity contribution in [3.8, 4) is 11.4 Å². The minimum atomic E-state index is -2.12. The first-order chi connectivity index (χ1) is 28.7. The fourth-order valence-corrected chi connectivity index (χ4v) is 10.3. The van der Waals surface area contributed by atoms with E-state index in [9.17, 15) is 0 Å². The number of esters is 1. The third kappa shape index (κ3) is 5.03. The molecule has 13 nitrogen and oxygen atoms in total. The van der Waals surface area contributed by atoms with Crippen molar-refractivity contribution in [2.45, 2.75) is 38.4 Å². The van der Waals surface area contributed by atoms with Gasteiger partial charge in [-0.1, -0.05) is 72.8 Å². The van der Waals surface area contributed by atoms with E-state index < -0.39 is 70.9 Å². The molecule has 0 saturated carbocycles. The molecule has 294 valence electrons. The van der Waals surface area contributed by atoms with Gasteiger partial charge in [-0.15, -0.1) is 0 Å². The predicted octanol–water partition coefficient (Wildman–Crippen LogP) is 5.70. The van der Waals surface area contributed by atoms with E-state index in [4.69, 9.17) is 14.9 Å². The molecule has 2 aromatic heterocycles. The van der Waals surface area contributed by atoms with Crippen LogP contribution in [-0.2, 0) is 28.7 Å². The highest BCUT2D eigenvalue weighted by molar-refractivity contribution is 6.28. The molecule has 4 aromatic carbocycles. The number of rotatable bonds is 8. The Morgan fingerprint density at radius 2 is 0.915 bits per heavy atom. The number of ether oxygens (including phenoxy) is 1. The number of aromatic nitrogens is 4. The van der Waals surface area contributed by atoms with Crippen LogP contribution in [0.2, 0.25) is 0 Å². The van der Waals surface area contributed by atoms with Crippen molar-refractivity contribution < 1.29 is 28.7 Å². The highest BCUT2D eigenvalue weighted by atomic mass is 16.5. The highest BCUT2D eigenvalue weighted by Crippen LogP contribution is 2.70. The quantitative estimate of drug-likeness (QED) is 0.141. The maximum atomic E-state index is 15.4. The largest absolute Gasteiger partial charge is 0.465 e. The Morgan fingerprint density at radius 1 is 0.559 bits per heavy atom. The molecule has 0 unspecified atom stereocenters. The number of nitrogens with zero attached hydrogens (tertiary/aromatic N) is 7. The Hall–Kier alpha value is -6.99. The zero-order valence-corrected chi connectivity index (χ0v) is 32.5. The van der Waals surface area contributed by atoms with Gasteiger partial charge in [0.15, 0.2) is 0 Å². The number of carbonyl (C=O) groups excluding carboxylic acids is 5. The lowest BCUT2D eigenvalue weighted by Gasteiger charge is -2.41. The van der Waals surface area contributed by atoms with E-state index in [0.717, 1.165) is 21.2 Å². The van der Waals surface area contributed by atoms with Crippen LogP contribution in [0.3, 0.4) is 0 Å². The highest BCUT2D eigenvalue weighted by Gasteiger charge is 2.84. The maximum Gasteiger partial charge on any atom is 0.328 e. The summed E-state index contributed by atoms with van der Waals surface area (Å²) in [6, 6.07) is 34.1. The summed E-state index contributed by atoms with van der Waals surface area (Å²) in [5.41, 5.74) is 2.31. The van der Waals surface area contributed by atoms with Gasteiger partial charge in [0, 0.05) is 23.5 Å². The molecule has 4 aliphatic rings. The lowest BCUT2D eigenvalue weighted by molar-refractivity contribution is -0.165. The zero-order valence-electron chi connectivity index (χ0n) is 32.5. The number of carbonyl (C=O) groups is 5. The number of aryl methyl sites for hydroxylation is 2. The Bertz CT molecular complexity index is 2490. The van der Waals surface area contributed by atoms with E-state index in [1.807, 2.05) is 91.8 Å². The summed E-state index contributed by atoms with van der Waals surface area (Å²) in [6.45, 7) is 5.22. The molecule has 10 rings (SSSR count). The second-order valence-corrected chi connectivity index (χ2v) is 15.4. The predicted molar refractivity (Wildman–Crippen MR) is 215 cm³/mol. The van der Waals surface area contributed by atoms with Crippen molar-refractivity contribution in [3.63, 3.8) is 0 Å². The normalized spacial score (nSPS) is 24.5. The standard InChI is InChI=1S/C46H39N7O6/c1-4-59-45(58)46-37-35(41(54)51(43(37)56)31-21-13-7-14-22-31)39(33-25-49(47-27(33)2)29-17-9-5-10-18-29)53(46)40(34-26-50(48-28(34)3)30-19-11-6-12-20-30)36-38(46)44(57)52(42(36)55)32-23-15-8-16-24-32/h5-26,35-40H,4H2,1-3H3/t35-,36-,37-,38-,39-,40-/m1/s1. The lowest BCUT2D eigenvalue weighted by atomic mass is 9.69. The molecule has 6 heterocycles. The number of hydrogen-bond donors (Lipinski definition) is 0. The molecule has 59 heavy (non-hydrogen) atoms. The lowest BCUT2D eigenvalue weighted by Crippen LogP contribution is -2.61. The van der Waals surface area contributed by atoms with E-state index >= 15 is 24.0 Å². The van der Waals surface area contributed by atoms with Gasteiger partial charge in [-0.3, -0.25) is 24.1 Å². The summed E-state index contributed by atoms with van der Waals surface area (Å²) in [4.78, 5) is 80.8. The second-order valence-electron chi connectivity index (χ2n) is 15.4. The average molecular weight is 786 g/mol. The molecule has 0 bridgehead atoms. The van der Waals surface area contributed by atoms with Crippen LogP contribution >= 0.6 is 0 Å². The van der Waals surface area contributed by atoms with Gasteiger partial charge >= 0.3 is 5.97 Å². The maximum absolute atomic E-state index is 15.4. The molecule has 0 aliphatic carbocycles. The van der Waals surface area contributed by atoms with Crippen LogP contribution in [0.25, 0.3) is 11.4 Å². The van der Waals surface area contributed by atoms with Crippen LogP contribution in [0.15, 0.2) is 134 Å². The van der Waals surface area contributed by atoms with Gasteiger partial charge in [-0.05, 0) is 69.3 Å². The Kier molecular flexibility index (Phi) is 8.35. The van der Waals surface area contributed by atoms with Crippen LogP contribution in [0.4, 0.5) is 11.4 Å². The van der Waals surface area contributed by atoms with E-state index in [0.29, 0.717) is 33.9 Å². The monoisotopic (exact) mass is 785 g/mol. The third-order valence-electron chi connectivity index (χ3n) is 12.5. The summed E-state index contributed by atoms with van der Waals surface area (Å²) >= 11 is 0. The Balaban J connectivity index is 1.28. The van der Waals surface area contributed by atoms with Gasteiger partial charge < -0.3 is 4.74 Å². The molecule has 13 heteroatoms. The number of imide groups is 2. The van der Waals surface area contributed by atoms with Crippen molar-refractivity contribution >= 4 is 41.0 Å². The van der Waals surface area contributed by atoms with Crippen LogP contribution in [0.1, 0.15) is 41.5 Å². The van der Waals surface area contributed by atoms with E-state index in [-0.39, 0.29) is 6.61 Å². The second kappa shape index (κ2) is 13.6. The van der Waals surface area contributed by atoms with Crippen LogP contribution < -0.4 is 9.80 Å². The zero-order chi connectivity index (χ0) is 40.7. The molecular formula is C46H39N7O6. The summed E-state index contributed by atoms with van der Waals surface area (Å²) in [5, 5.41) is 9.79. The summed E-state index contributed by atoms with van der Waals surface area (Å²) in [6.07, 6.45) is 3.64. The molecule has 0 radical (unpaired) electrons. The van der Waals surface area contributed by atoms with Crippen molar-refractivity contribution in [2.75, 3.05) is 16.4 Å². The van der Waals surface area contributed by atoms with E-state index in [2.05, 4.69) is 0 Å². The van der Waals surface area contributed by atoms with Gasteiger partial charge in [0.25, 0.3) is 0 Å². The fourth-order valence-electron chi connectivity index (χ4n) is 10.3. The van der Waals surface area contributed by atoms with Crippen molar-refractivity contribution in [2.24, 2.45) is 23.7 Å². The SMILES string of the molecule is CCOC(=O)C12[C@H]3C(=O)N(c4ccccc4)C(=O)[C@H]3[C@@H](c3cn(-c4ccccc4)nc3C)N1[C@H](c1cn(-c3ccccc3)nc1C)[C@@H]1C(=O)N(c3ccccc3)C(=O)[C@@H]12. The third-order valence-corrected chi connectivity index (χ3v) is 12.5. The van der Waals surface area contributed by atoms with Gasteiger partial charge in [-0.2, -0.15) is 10.2 Å². The van der Waals surface area contributed by atoms with Crippen LogP contribution in [-0.4, -0.2) is 66.2 Å². The number of anilines is 2. The Labute approximate surface area is 339 Å². The average Bonchev–Trinajstić information content (AvgIpc) is 4.07. The number of amides is 4. The number of benzene rings is 4. The first-order valence-electron chi connectivity index (χ1n) is 19.7. The molecule has 4 aliphatic heterocycles. The summed E-state index contributed by atoms with van der Waals surface area (Å²) in [7, 11) is 0. The van der Waals surface area contributed by atoms with E-state index in [1.54, 1.807) is 77.0 Å². The molecule has 6 atom stereocenters. The van der Waals surface area contributed by atoms with Crippen molar-refractivity contribution in [1.29, 1.82) is 0 Å². The van der Waals surface area contributed by atoms with Crippen molar-refractivity contribution in [1.82, 2.24) is 24.5 Å². The smallest absolute Gasteiger partial charge is 0.328 e. The first-order valence-corrected chi connectivity index (χ1v) is 19.7. The number of fused-ring (bicyclic) bond motifs is 5. The van der Waals surface area contributed by atoms with Gasteiger partial charge in [0.2, 0.25) is 23.6 Å². The van der Waals surface area contributed by atoms with Gasteiger partial charge in [0.05, 0.1) is 76.5 Å². The Morgan fingerprint density at radius 3 is 1.27 bits per heavy atom. The molecule has 4 saturated heterocycles.